The summed E-state index contributed by atoms with van der Waals surface area (Å²) in [6.45, 7) is 0. The summed E-state index contributed by atoms with van der Waals surface area (Å²) in [6.07, 6.45) is 0. The zero-order valence-electron chi connectivity index (χ0n) is 25.3. The lowest BCUT2D eigenvalue weighted by Gasteiger charge is -2.12. The number of hydrogen-bond donors (Lipinski definition) is 0. The first kappa shape index (κ1) is 27.0. The van der Waals surface area contributed by atoms with Gasteiger partial charge in [-0.15, -0.1) is 0 Å². The number of furan rings is 1. The third-order valence-corrected chi connectivity index (χ3v) is 8.74. The van der Waals surface area contributed by atoms with E-state index in [0.29, 0.717) is 17.5 Å². The van der Waals surface area contributed by atoms with Crippen LogP contribution >= 0.6 is 0 Å². The Hall–Kier alpha value is -6.39. The largest absolute Gasteiger partial charge is 0.456 e. The van der Waals surface area contributed by atoms with Gasteiger partial charge in [0, 0.05) is 27.5 Å². The van der Waals surface area contributed by atoms with Gasteiger partial charge in [0.1, 0.15) is 11.2 Å². The molecule has 9 rings (SSSR count). The summed E-state index contributed by atoms with van der Waals surface area (Å²) in [5, 5.41) is 4.60. The summed E-state index contributed by atoms with van der Waals surface area (Å²) in [4.78, 5) is 15.0. The molecule has 0 N–H and O–H groups in total. The van der Waals surface area contributed by atoms with Crippen LogP contribution in [0.15, 0.2) is 168 Å². The van der Waals surface area contributed by atoms with Crippen LogP contribution in [0.5, 0.6) is 0 Å². The minimum absolute atomic E-state index is 0.627. The quantitative estimate of drug-likeness (QED) is 0.197. The van der Waals surface area contributed by atoms with Crippen LogP contribution in [0.4, 0.5) is 0 Å². The molecule has 4 heteroatoms. The van der Waals surface area contributed by atoms with Crippen LogP contribution in [-0.4, -0.2) is 15.0 Å². The van der Waals surface area contributed by atoms with E-state index in [2.05, 4.69) is 115 Å². The summed E-state index contributed by atoms with van der Waals surface area (Å²) >= 11 is 0. The van der Waals surface area contributed by atoms with E-state index in [0.717, 1.165) is 60.9 Å². The summed E-state index contributed by atoms with van der Waals surface area (Å²) in [7, 11) is 0. The van der Waals surface area contributed by atoms with Crippen molar-refractivity contribution in [2.45, 2.75) is 0 Å². The van der Waals surface area contributed by atoms with E-state index in [1.165, 1.54) is 10.8 Å². The van der Waals surface area contributed by atoms with Crippen molar-refractivity contribution in [1.82, 2.24) is 15.0 Å². The molecule has 0 aliphatic rings. The summed E-state index contributed by atoms with van der Waals surface area (Å²) in [5.41, 5.74) is 9.01. The van der Waals surface area contributed by atoms with Gasteiger partial charge >= 0.3 is 0 Å². The van der Waals surface area contributed by atoms with Gasteiger partial charge in [0.15, 0.2) is 17.5 Å². The average molecular weight is 602 g/mol. The van der Waals surface area contributed by atoms with Gasteiger partial charge in [0.2, 0.25) is 0 Å². The van der Waals surface area contributed by atoms with Crippen LogP contribution in [0.25, 0.3) is 89.1 Å². The molecule has 0 spiro atoms. The molecule has 4 nitrogen and oxygen atoms in total. The van der Waals surface area contributed by atoms with Crippen molar-refractivity contribution in [2.24, 2.45) is 0 Å². The molecule has 9 aromatic rings. The third kappa shape index (κ3) is 4.84. The van der Waals surface area contributed by atoms with Crippen LogP contribution < -0.4 is 0 Å². The predicted molar refractivity (Wildman–Crippen MR) is 192 cm³/mol. The minimum Gasteiger partial charge on any atom is -0.456 e. The molecule has 0 aliphatic carbocycles. The lowest BCUT2D eigenvalue weighted by atomic mass is 9.97. The molecule has 220 valence electrons. The summed E-state index contributed by atoms with van der Waals surface area (Å²) in [6, 6.07) is 56.3. The molecule has 47 heavy (non-hydrogen) atoms. The molecule has 2 heterocycles. The van der Waals surface area contributed by atoms with Gasteiger partial charge in [-0.25, -0.2) is 15.0 Å². The molecular formula is C43H27N3O. The van der Waals surface area contributed by atoms with Crippen molar-refractivity contribution < 1.29 is 4.42 Å². The zero-order chi connectivity index (χ0) is 31.2. The normalized spacial score (nSPS) is 11.4. The second-order valence-corrected chi connectivity index (χ2v) is 11.6. The Balaban J connectivity index is 1.17. The predicted octanol–water partition coefficient (Wildman–Crippen LogP) is 11.3. The molecule has 0 unspecified atom stereocenters. The Kier molecular flexibility index (Phi) is 6.43. The van der Waals surface area contributed by atoms with Crippen molar-refractivity contribution in [2.75, 3.05) is 0 Å². The smallest absolute Gasteiger partial charge is 0.164 e. The van der Waals surface area contributed by atoms with Crippen molar-refractivity contribution in [3.05, 3.63) is 164 Å². The SMILES string of the molecule is c1ccc(-c2nc(-c3ccc(-c4cccc5oc6cc7ccccc7cc6c45)cc3)nc(-c3ccccc3-c3ccccc3)n2)cc1. The Morgan fingerprint density at radius 1 is 0.340 bits per heavy atom. The Bertz CT molecular complexity index is 2550. The van der Waals surface area contributed by atoms with Crippen molar-refractivity contribution in [3.8, 4) is 56.4 Å². The highest BCUT2D eigenvalue weighted by Gasteiger charge is 2.17. The van der Waals surface area contributed by atoms with Gasteiger partial charge in [-0.05, 0) is 51.2 Å². The maximum atomic E-state index is 6.34. The van der Waals surface area contributed by atoms with Crippen LogP contribution in [-0.2, 0) is 0 Å². The van der Waals surface area contributed by atoms with E-state index in [1.54, 1.807) is 0 Å². The first-order valence-corrected chi connectivity index (χ1v) is 15.7. The van der Waals surface area contributed by atoms with Crippen molar-refractivity contribution in [1.29, 1.82) is 0 Å². The van der Waals surface area contributed by atoms with Crippen LogP contribution in [0, 0.1) is 0 Å². The summed E-state index contributed by atoms with van der Waals surface area (Å²) < 4.78 is 6.34. The molecule has 0 radical (unpaired) electrons. The van der Waals surface area contributed by atoms with Crippen molar-refractivity contribution >= 4 is 32.7 Å². The maximum Gasteiger partial charge on any atom is 0.164 e. The number of nitrogens with zero attached hydrogens (tertiary/aromatic N) is 3. The van der Waals surface area contributed by atoms with Crippen LogP contribution in [0.1, 0.15) is 0 Å². The number of fused-ring (bicyclic) bond motifs is 4. The number of rotatable bonds is 5. The first-order chi connectivity index (χ1) is 23.3. The fraction of sp³-hybridized carbons (Fsp3) is 0. The molecule has 0 atom stereocenters. The Morgan fingerprint density at radius 2 is 0.851 bits per heavy atom. The lowest BCUT2D eigenvalue weighted by molar-refractivity contribution is 0.669. The monoisotopic (exact) mass is 601 g/mol. The molecule has 2 aromatic heterocycles. The second kappa shape index (κ2) is 11.2. The van der Waals surface area contributed by atoms with Gasteiger partial charge in [0.25, 0.3) is 0 Å². The molecule has 7 aromatic carbocycles. The minimum atomic E-state index is 0.627. The van der Waals surface area contributed by atoms with Gasteiger partial charge in [0.05, 0.1) is 0 Å². The van der Waals surface area contributed by atoms with Gasteiger partial charge in [-0.1, -0.05) is 146 Å². The van der Waals surface area contributed by atoms with Crippen LogP contribution in [0.2, 0.25) is 0 Å². The second-order valence-electron chi connectivity index (χ2n) is 11.6. The first-order valence-electron chi connectivity index (χ1n) is 15.7. The van der Waals surface area contributed by atoms with Gasteiger partial charge < -0.3 is 4.42 Å². The Morgan fingerprint density at radius 3 is 1.57 bits per heavy atom. The van der Waals surface area contributed by atoms with Gasteiger partial charge in [-0.3, -0.25) is 0 Å². The molecular weight excluding hydrogens is 574 g/mol. The Labute approximate surface area is 271 Å². The van der Waals surface area contributed by atoms with E-state index >= 15 is 0 Å². The fourth-order valence-electron chi connectivity index (χ4n) is 6.44. The van der Waals surface area contributed by atoms with Crippen molar-refractivity contribution in [3.63, 3.8) is 0 Å². The van der Waals surface area contributed by atoms with Gasteiger partial charge in [-0.2, -0.15) is 0 Å². The number of hydrogen-bond acceptors (Lipinski definition) is 4. The maximum absolute atomic E-state index is 6.34. The standard InChI is InChI=1S/C43H27N3O/c1-3-12-28(13-4-1)34-18-9-10-19-36(34)43-45-41(30-14-5-2-6-15-30)44-42(46-43)31-24-22-29(23-25-31)35-20-11-21-38-40(35)37-26-32-16-7-8-17-33(32)27-39(37)47-38/h1-27H. The van der Waals surface area contributed by atoms with E-state index in [9.17, 15) is 0 Å². The highest BCUT2D eigenvalue weighted by molar-refractivity contribution is 6.15. The van der Waals surface area contributed by atoms with E-state index in [1.807, 2.05) is 48.5 Å². The summed E-state index contributed by atoms with van der Waals surface area (Å²) in [5.74, 6) is 1.90. The number of aromatic nitrogens is 3. The molecule has 0 fully saturated rings. The molecule has 0 aliphatic heterocycles. The topological polar surface area (TPSA) is 51.8 Å². The molecule has 0 saturated carbocycles. The number of benzene rings is 7. The van der Waals surface area contributed by atoms with E-state index < -0.39 is 0 Å². The third-order valence-electron chi connectivity index (χ3n) is 8.74. The average Bonchev–Trinajstić information content (AvgIpc) is 3.52. The molecule has 0 saturated heterocycles. The zero-order valence-corrected chi connectivity index (χ0v) is 25.3. The van der Waals surface area contributed by atoms with E-state index in [-0.39, 0.29) is 0 Å². The van der Waals surface area contributed by atoms with E-state index in [4.69, 9.17) is 19.4 Å². The van der Waals surface area contributed by atoms with Crippen LogP contribution in [0.3, 0.4) is 0 Å². The highest BCUT2D eigenvalue weighted by Crippen LogP contribution is 2.39. The fourth-order valence-corrected chi connectivity index (χ4v) is 6.44. The highest BCUT2D eigenvalue weighted by atomic mass is 16.3. The molecule has 0 amide bonds. The molecule has 0 bridgehead atoms. The lowest BCUT2D eigenvalue weighted by Crippen LogP contribution is -2.01.